The van der Waals surface area contributed by atoms with Gasteiger partial charge in [0.05, 0.1) is 37.4 Å². The Balaban J connectivity index is 1.82. The summed E-state index contributed by atoms with van der Waals surface area (Å²) in [4.78, 5) is 17.7. The van der Waals surface area contributed by atoms with Crippen molar-refractivity contribution >= 4 is 17.3 Å². The maximum atomic E-state index is 11.2. The molecule has 0 aromatic carbocycles. The van der Waals surface area contributed by atoms with E-state index in [1.54, 1.807) is 11.3 Å². The third kappa shape index (κ3) is 3.76. The molecule has 1 aromatic heterocycles. The first-order valence-electron chi connectivity index (χ1n) is 5.56. The Kier molecular flexibility index (Phi) is 4.47. The fourth-order valence-electron chi connectivity index (χ4n) is 1.86. The highest BCUT2D eigenvalue weighted by Gasteiger charge is 2.23. The molecule has 1 fully saturated rings. The van der Waals surface area contributed by atoms with Gasteiger partial charge in [-0.15, -0.1) is 11.3 Å². The molecule has 0 saturated carbocycles. The number of esters is 1. The molecule has 94 valence electrons. The predicted molar refractivity (Wildman–Crippen MR) is 63.8 cm³/mol. The molecule has 1 aromatic rings. The van der Waals surface area contributed by atoms with Gasteiger partial charge in [-0.1, -0.05) is 0 Å². The van der Waals surface area contributed by atoms with Crippen LogP contribution in [0, 0.1) is 0 Å². The lowest BCUT2D eigenvalue weighted by Crippen LogP contribution is -2.42. The number of hydrogen-bond acceptors (Lipinski definition) is 6. The Labute approximate surface area is 104 Å². The van der Waals surface area contributed by atoms with Crippen molar-refractivity contribution in [2.75, 3.05) is 26.8 Å². The number of ether oxygens (including phenoxy) is 2. The van der Waals surface area contributed by atoms with Crippen molar-refractivity contribution in [3.8, 4) is 0 Å². The first-order valence-corrected chi connectivity index (χ1v) is 6.50. The molecule has 1 aliphatic rings. The third-order valence-corrected chi connectivity index (χ3v) is 3.35. The van der Waals surface area contributed by atoms with Crippen LogP contribution in [0.25, 0.3) is 0 Å². The SMILES string of the molecule is COC(=O)C[C@@H]1CN(Cc2cscn2)CCO1. The van der Waals surface area contributed by atoms with Gasteiger partial charge in [-0.05, 0) is 0 Å². The maximum absolute atomic E-state index is 11.2. The lowest BCUT2D eigenvalue weighted by molar-refractivity contribution is -0.145. The predicted octanol–water partition coefficient (Wildman–Crippen LogP) is 0.907. The second-order valence-corrected chi connectivity index (χ2v) is 4.71. The van der Waals surface area contributed by atoms with Crippen molar-refractivity contribution < 1.29 is 14.3 Å². The van der Waals surface area contributed by atoms with E-state index in [4.69, 9.17) is 4.74 Å². The first-order chi connectivity index (χ1) is 8.28. The lowest BCUT2D eigenvalue weighted by atomic mass is 10.2. The summed E-state index contributed by atoms with van der Waals surface area (Å²) in [5.74, 6) is -0.217. The summed E-state index contributed by atoms with van der Waals surface area (Å²) in [6.07, 6.45) is 0.263. The molecule has 2 rings (SSSR count). The molecule has 0 amide bonds. The zero-order valence-corrected chi connectivity index (χ0v) is 10.6. The van der Waals surface area contributed by atoms with E-state index in [0.717, 1.165) is 25.3 Å². The Morgan fingerprint density at radius 3 is 3.35 bits per heavy atom. The molecule has 0 radical (unpaired) electrons. The van der Waals surface area contributed by atoms with E-state index in [-0.39, 0.29) is 12.1 Å². The molecular formula is C11H16N2O3S. The summed E-state index contributed by atoms with van der Waals surface area (Å²) in [5, 5.41) is 2.05. The van der Waals surface area contributed by atoms with E-state index in [2.05, 4.69) is 14.6 Å². The second-order valence-electron chi connectivity index (χ2n) is 3.99. The quantitative estimate of drug-likeness (QED) is 0.749. The van der Waals surface area contributed by atoms with E-state index in [0.29, 0.717) is 13.0 Å². The highest BCUT2D eigenvalue weighted by molar-refractivity contribution is 7.07. The van der Waals surface area contributed by atoms with Crippen LogP contribution in [0.4, 0.5) is 0 Å². The number of carbonyl (C=O) groups is 1. The number of thiazole rings is 1. The molecule has 0 unspecified atom stereocenters. The highest BCUT2D eigenvalue weighted by atomic mass is 32.1. The molecule has 5 nitrogen and oxygen atoms in total. The van der Waals surface area contributed by atoms with Gasteiger partial charge in [0.15, 0.2) is 0 Å². The zero-order valence-electron chi connectivity index (χ0n) is 9.80. The largest absolute Gasteiger partial charge is 0.469 e. The van der Waals surface area contributed by atoms with E-state index < -0.39 is 0 Å². The van der Waals surface area contributed by atoms with Crippen LogP contribution in [-0.4, -0.2) is 48.8 Å². The average Bonchev–Trinajstić information content (AvgIpc) is 2.82. The molecule has 0 N–H and O–H groups in total. The van der Waals surface area contributed by atoms with Crippen LogP contribution in [0.5, 0.6) is 0 Å². The third-order valence-electron chi connectivity index (χ3n) is 2.71. The van der Waals surface area contributed by atoms with Crippen molar-refractivity contribution in [2.45, 2.75) is 19.1 Å². The highest BCUT2D eigenvalue weighted by Crippen LogP contribution is 2.13. The van der Waals surface area contributed by atoms with Crippen LogP contribution in [0.15, 0.2) is 10.9 Å². The monoisotopic (exact) mass is 256 g/mol. The molecule has 6 heteroatoms. The lowest BCUT2D eigenvalue weighted by Gasteiger charge is -2.31. The molecule has 17 heavy (non-hydrogen) atoms. The van der Waals surface area contributed by atoms with Crippen molar-refractivity contribution in [1.29, 1.82) is 0 Å². The van der Waals surface area contributed by atoms with Gasteiger partial charge in [-0.25, -0.2) is 4.98 Å². The van der Waals surface area contributed by atoms with Gasteiger partial charge in [0.25, 0.3) is 0 Å². The summed E-state index contributed by atoms with van der Waals surface area (Å²) in [7, 11) is 1.40. The van der Waals surface area contributed by atoms with Gasteiger partial charge in [-0.2, -0.15) is 0 Å². The van der Waals surface area contributed by atoms with Crippen LogP contribution in [0.2, 0.25) is 0 Å². The van der Waals surface area contributed by atoms with Crippen LogP contribution < -0.4 is 0 Å². The Morgan fingerprint density at radius 2 is 2.65 bits per heavy atom. The van der Waals surface area contributed by atoms with Gasteiger partial charge in [-0.3, -0.25) is 9.69 Å². The molecule has 1 aliphatic heterocycles. The molecule has 0 aliphatic carbocycles. The minimum absolute atomic E-state index is 0.0603. The second kappa shape index (κ2) is 6.09. The maximum Gasteiger partial charge on any atom is 0.308 e. The summed E-state index contributed by atoms with van der Waals surface area (Å²) in [6.45, 7) is 3.12. The van der Waals surface area contributed by atoms with Crippen molar-refractivity contribution in [3.63, 3.8) is 0 Å². The van der Waals surface area contributed by atoms with Gasteiger partial charge < -0.3 is 9.47 Å². The molecule has 0 bridgehead atoms. The van der Waals surface area contributed by atoms with E-state index in [9.17, 15) is 4.79 Å². The Bertz CT molecular complexity index is 356. The van der Waals surface area contributed by atoms with Crippen LogP contribution in [0.1, 0.15) is 12.1 Å². The van der Waals surface area contributed by atoms with Crippen LogP contribution in [-0.2, 0) is 20.8 Å². The molecular weight excluding hydrogens is 240 g/mol. The summed E-state index contributed by atoms with van der Waals surface area (Å²) < 4.78 is 10.2. The van der Waals surface area contributed by atoms with Gasteiger partial charge >= 0.3 is 5.97 Å². The summed E-state index contributed by atoms with van der Waals surface area (Å²) >= 11 is 1.60. The number of hydrogen-bond donors (Lipinski definition) is 0. The summed E-state index contributed by atoms with van der Waals surface area (Å²) in [5.41, 5.74) is 2.91. The molecule has 0 spiro atoms. The number of carbonyl (C=O) groups excluding carboxylic acids is 1. The standard InChI is InChI=1S/C11H16N2O3S/c1-15-11(14)4-10-6-13(2-3-16-10)5-9-7-17-8-12-9/h7-8,10H,2-6H2,1H3/t10-/m1/s1. The first kappa shape index (κ1) is 12.5. The van der Waals surface area contributed by atoms with Crippen molar-refractivity contribution in [2.24, 2.45) is 0 Å². The average molecular weight is 256 g/mol. The van der Waals surface area contributed by atoms with Gasteiger partial charge in [0.1, 0.15) is 0 Å². The van der Waals surface area contributed by atoms with E-state index >= 15 is 0 Å². The van der Waals surface area contributed by atoms with E-state index in [1.165, 1.54) is 7.11 Å². The van der Waals surface area contributed by atoms with Crippen LogP contribution in [0.3, 0.4) is 0 Å². The fraction of sp³-hybridized carbons (Fsp3) is 0.636. The smallest absolute Gasteiger partial charge is 0.308 e. The number of morpholine rings is 1. The number of aromatic nitrogens is 1. The van der Waals surface area contributed by atoms with Gasteiger partial charge in [0.2, 0.25) is 0 Å². The fourth-order valence-corrected chi connectivity index (χ4v) is 2.41. The Hall–Kier alpha value is -0.980. The normalized spacial score (nSPS) is 21.4. The number of methoxy groups -OCH3 is 1. The van der Waals surface area contributed by atoms with Crippen molar-refractivity contribution in [1.82, 2.24) is 9.88 Å². The molecule has 1 atom stereocenters. The molecule has 2 heterocycles. The van der Waals surface area contributed by atoms with Gasteiger partial charge in [0, 0.05) is 25.0 Å². The Morgan fingerprint density at radius 1 is 1.76 bits per heavy atom. The minimum atomic E-state index is -0.217. The number of rotatable bonds is 4. The van der Waals surface area contributed by atoms with Crippen molar-refractivity contribution in [3.05, 3.63) is 16.6 Å². The van der Waals surface area contributed by atoms with Crippen LogP contribution >= 0.6 is 11.3 Å². The zero-order chi connectivity index (χ0) is 12.1. The topological polar surface area (TPSA) is 51.7 Å². The molecule has 1 saturated heterocycles. The summed E-state index contributed by atoms with van der Waals surface area (Å²) in [6, 6.07) is 0. The van der Waals surface area contributed by atoms with E-state index in [1.807, 2.05) is 10.9 Å². The minimum Gasteiger partial charge on any atom is -0.469 e. The number of nitrogens with zero attached hydrogens (tertiary/aromatic N) is 2.